The lowest BCUT2D eigenvalue weighted by Crippen LogP contribution is -1.96. The molecule has 21 heavy (non-hydrogen) atoms. The van der Waals surface area contributed by atoms with Crippen LogP contribution >= 0.6 is 27.5 Å². The molecule has 106 valence electrons. The van der Waals surface area contributed by atoms with Crippen molar-refractivity contribution in [3.8, 4) is 17.1 Å². The summed E-state index contributed by atoms with van der Waals surface area (Å²) in [5.74, 6) is 1.43. The van der Waals surface area contributed by atoms with Gasteiger partial charge in [0.1, 0.15) is 5.75 Å². The van der Waals surface area contributed by atoms with Crippen LogP contribution in [-0.4, -0.2) is 15.1 Å². The Morgan fingerprint density at radius 3 is 2.76 bits per heavy atom. The van der Waals surface area contributed by atoms with Crippen molar-refractivity contribution in [3.05, 3.63) is 58.1 Å². The van der Waals surface area contributed by atoms with Gasteiger partial charge in [-0.25, -0.2) is 0 Å². The van der Waals surface area contributed by atoms with Gasteiger partial charge in [0.25, 0.3) is 5.89 Å². The minimum atomic E-state index is 0.152. The zero-order valence-corrected chi connectivity index (χ0v) is 13.0. The molecule has 0 bridgehead atoms. The van der Waals surface area contributed by atoms with Gasteiger partial charge >= 0.3 is 0 Å². The summed E-state index contributed by atoms with van der Waals surface area (Å²) in [7, 11) is 0. The topological polar surface area (TPSA) is 61.0 Å². The van der Waals surface area contributed by atoms with Gasteiger partial charge in [0.15, 0.2) is 6.61 Å². The minimum Gasteiger partial charge on any atom is -0.482 e. The van der Waals surface area contributed by atoms with Gasteiger partial charge in [-0.15, -0.1) is 0 Å². The number of hydrogen-bond acceptors (Lipinski definition) is 5. The molecule has 0 radical (unpaired) electrons. The molecule has 0 unspecified atom stereocenters. The zero-order chi connectivity index (χ0) is 14.7. The highest BCUT2D eigenvalue weighted by Crippen LogP contribution is 2.28. The molecule has 0 atom stereocenters. The van der Waals surface area contributed by atoms with Crippen LogP contribution < -0.4 is 4.74 Å². The number of pyridine rings is 1. The largest absolute Gasteiger partial charge is 0.482 e. The first-order chi connectivity index (χ1) is 10.2. The first-order valence-electron chi connectivity index (χ1n) is 6.03. The molecule has 5 nitrogen and oxygen atoms in total. The Morgan fingerprint density at radius 1 is 1.19 bits per heavy atom. The number of rotatable bonds is 4. The molecule has 3 rings (SSSR count). The normalized spacial score (nSPS) is 10.6. The highest BCUT2D eigenvalue weighted by molar-refractivity contribution is 9.10. The summed E-state index contributed by atoms with van der Waals surface area (Å²) >= 11 is 9.40. The molecule has 0 aliphatic heterocycles. The first kappa shape index (κ1) is 14.0. The van der Waals surface area contributed by atoms with Crippen LogP contribution in [0.1, 0.15) is 5.89 Å². The lowest BCUT2D eigenvalue weighted by Gasteiger charge is -2.05. The van der Waals surface area contributed by atoms with Crippen molar-refractivity contribution in [2.45, 2.75) is 6.61 Å². The van der Waals surface area contributed by atoms with Crippen molar-refractivity contribution in [1.82, 2.24) is 15.1 Å². The van der Waals surface area contributed by atoms with Crippen molar-refractivity contribution < 1.29 is 9.26 Å². The third kappa shape index (κ3) is 3.40. The summed E-state index contributed by atoms with van der Waals surface area (Å²) in [5, 5.41) is 4.41. The predicted octanol–water partition coefficient (Wildman–Crippen LogP) is 4.13. The second-order valence-electron chi connectivity index (χ2n) is 4.11. The van der Waals surface area contributed by atoms with E-state index in [1.165, 1.54) is 0 Å². The number of ether oxygens (including phenoxy) is 1. The number of nitrogens with zero attached hydrogens (tertiary/aromatic N) is 3. The van der Waals surface area contributed by atoms with E-state index in [4.69, 9.17) is 20.9 Å². The van der Waals surface area contributed by atoms with Crippen molar-refractivity contribution in [3.63, 3.8) is 0 Å². The fourth-order valence-corrected chi connectivity index (χ4v) is 2.39. The number of aromatic nitrogens is 3. The first-order valence-corrected chi connectivity index (χ1v) is 7.20. The van der Waals surface area contributed by atoms with Crippen molar-refractivity contribution in [2.24, 2.45) is 0 Å². The standard InChI is InChI=1S/C14H9BrClN3O2/c15-10-1-2-12(11(16)7-10)20-8-13-18-14(19-21-13)9-3-5-17-6-4-9/h1-7H,8H2. The molecule has 0 saturated heterocycles. The molecule has 0 fully saturated rings. The Balaban J connectivity index is 1.70. The summed E-state index contributed by atoms with van der Waals surface area (Å²) in [6, 6.07) is 8.99. The summed E-state index contributed by atoms with van der Waals surface area (Å²) in [6.45, 7) is 0.152. The van der Waals surface area contributed by atoms with Gasteiger partial charge in [0, 0.05) is 22.4 Å². The lowest BCUT2D eigenvalue weighted by atomic mass is 10.2. The maximum Gasteiger partial charge on any atom is 0.264 e. The molecule has 0 saturated carbocycles. The van der Waals surface area contributed by atoms with Crippen LogP contribution in [0.5, 0.6) is 5.75 Å². The van der Waals surface area contributed by atoms with E-state index < -0.39 is 0 Å². The monoisotopic (exact) mass is 365 g/mol. The van der Waals surface area contributed by atoms with Crippen LogP contribution in [0.4, 0.5) is 0 Å². The van der Waals surface area contributed by atoms with Crippen LogP contribution in [0.25, 0.3) is 11.4 Å². The van der Waals surface area contributed by atoms with Crippen LogP contribution in [0.15, 0.2) is 51.7 Å². The average molecular weight is 367 g/mol. The minimum absolute atomic E-state index is 0.152. The van der Waals surface area contributed by atoms with Crippen LogP contribution in [0.2, 0.25) is 5.02 Å². The Kier molecular flexibility index (Phi) is 4.17. The third-order valence-corrected chi connectivity index (χ3v) is 3.44. The smallest absolute Gasteiger partial charge is 0.264 e. The molecular weight excluding hydrogens is 358 g/mol. The SMILES string of the molecule is Clc1cc(Br)ccc1OCc1nc(-c2ccncc2)no1. The van der Waals surface area contributed by atoms with Crippen molar-refractivity contribution >= 4 is 27.5 Å². The Morgan fingerprint density at radius 2 is 2.00 bits per heavy atom. The van der Waals surface area contributed by atoms with Gasteiger partial charge in [-0.3, -0.25) is 4.98 Å². The molecular formula is C14H9BrClN3O2. The lowest BCUT2D eigenvalue weighted by molar-refractivity contribution is 0.243. The molecule has 0 amide bonds. The summed E-state index contributed by atoms with van der Waals surface area (Å²) < 4.78 is 11.6. The van der Waals surface area contributed by atoms with Gasteiger partial charge in [-0.1, -0.05) is 32.7 Å². The summed E-state index contributed by atoms with van der Waals surface area (Å²) in [4.78, 5) is 8.20. The van der Waals surface area contributed by atoms with Gasteiger partial charge < -0.3 is 9.26 Å². The van der Waals surface area contributed by atoms with E-state index in [1.54, 1.807) is 36.7 Å². The Labute approximate surface area is 134 Å². The van der Waals surface area contributed by atoms with Crippen molar-refractivity contribution in [1.29, 1.82) is 0 Å². The van der Waals surface area contributed by atoms with E-state index in [2.05, 4.69) is 31.1 Å². The fraction of sp³-hybridized carbons (Fsp3) is 0.0714. The van der Waals surface area contributed by atoms with E-state index in [1.807, 2.05) is 6.07 Å². The molecule has 0 aliphatic carbocycles. The zero-order valence-electron chi connectivity index (χ0n) is 10.7. The van der Waals surface area contributed by atoms with E-state index >= 15 is 0 Å². The summed E-state index contributed by atoms with van der Waals surface area (Å²) in [5.41, 5.74) is 0.835. The number of halogens is 2. The van der Waals surface area contributed by atoms with Crippen LogP contribution in [0.3, 0.4) is 0 Å². The van der Waals surface area contributed by atoms with Gasteiger partial charge in [0.2, 0.25) is 5.82 Å². The molecule has 1 aromatic carbocycles. The number of hydrogen-bond donors (Lipinski definition) is 0. The highest BCUT2D eigenvalue weighted by Gasteiger charge is 2.10. The maximum atomic E-state index is 6.07. The third-order valence-electron chi connectivity index (χ3n) is 2.65. The molecule has 3 aromatic rings. The van der Waals surface area contributed by atoms with E-state index in [-0.39, 0.29) is 6.61 Å². The van der Waals surface area contributed by atoms with Gasteiger partial charge in [-0.05, 0) is 30.3 Å². The van der Waals surface area contributed by atoms with Gasteiger partial charge in [0.05, 0.1) is 5.02 Å². The van der Waals surface area contributed by atoms with E-state index in [0.717, 1.165) is 10.0 Å². The van der Waals surface area contributed by atoms with Crippen LogP contribution in [0, 0.1) is 0 Å². The second-order valence-corrected chi connectivity index (χ2v) is 5.43. The summed E-state index contributed by atoms with van der Waals surface area (Å²) in [6.07, 6.45) is 3.34. The second kappa shape index (κ2) is 6.24. The molecule has 0 aliphatic rings. The highest BCUT2D eigenvalue weighted by atomic mass is 79.9. The fourth-order valence-electron chi connectivity index (χ4n) is 1.66. The Hall–Kier alpha value is -1.92. The van der Waals surface area contributed by atoms with Crippen LogP contribution in [-0.2, 0) is 6.61 Å². The molecule has 2 aromatic heterocycles. The Bertz CT molecular complexity index is 749. The average Bonchev–Trinajstić information content (AvgIpc) is 2.96. The molecule has 7 heteroatoms. The predicted molar refractivity (Wildman–Crippen MR) is 81.0 cm³/mol. The van der Waals surface area contributed by atoms with E-state index in [0.29, 0.717) is 22.5 Å². The number of benzene rings is 1. The quantitative estimate of drug-likeness (QED) is 0.695. The molecule has 2 heterocycles. The van der Waals surface area contributed by atoms with E-state index in [9.17, 15) is 0 Å². The molecule has 0 spiro atoms. The molecule has 0 N–H and O–H groups in total. The van der Waals surface area contributed by atoms with Crippen molar-refractivity contribution in [2.75, 3.05) is 0 Å². The van der Waals surface area contributed by atoms with Gasteiger partial charge in [-0.2, -0.15) is 4.98 Å². The maximum absolute atomic E-state index is 6.07.